The van der Waals surface area contributed by atoms with Gasteiger partial charge in [0.15, 0.2) is 5.84 Å². The maximum absolute atomic E-state index is 12.1. The SMILES string of the molecule is O=[N+]([O-])c1ccc2c(c1)S(=O)(=O)N=C2Nc1ccc(Cl)cc1[N+](=O)[O-]. The second kappa shape index (κ2) is 5.79. The molecule has 0 saturated heterocycles. The highest BCUT2D eigenvalue weighted by Crippen LogP contribution is 2.33. The number of rotatable bonds is 3. The van der Waals surface area contributed by atoms with Crippen LogP contribution >= 0.6 is 11.6 Å². The van der Waals surface area contributed by atoms with Crippen LogP contribution in [0, 0.1) is 20.2 Å². The van der Waals surface area contributed by atoms with E-state index in [4.69, 9.17) is 11.6 Å². The zero-order valence-corrected chi connectivity index (χ0v) is 13.6. The number of benzene rings is 2. The highest BCUT2D eigenvalue weighted by Gasteiger charge is 2.32. The predicted molar refractivity (Wildman–Crippen MR) is 88.5 cm³/mol. The van der Waals surface area contributed by atoms with E-state index in [0.29, 0.717) is 0 Å². The quantitative estimate of drug-likeness (QED) is 0.634. The molecule has 0 aliphatic carbocycles. The van der Waals surface area contributed by atoms with Gasteiger partial charge in [0.1, 0.15) is 10.6 Å². The van der Waals surface area contributed by atoms with Crippen molar-refractivity contribution in [1.29, 1.82) is 0 Å². The topological polar surface area (TPSA) is 145 Å². The molecule has 0 radical (unpaired) electrons. The molecule has 128 valence electrons. The standard InChI is InChI=1S/C13H7ClN4O6S/c14-7-1-4-10(11(5-7)18(21)22)15-13-9-3-2-8(17(19)20)6-12(9)25(23,24)16-13/h1-6H,(H,15,16). The first-order valence-electron chi connectivity index (χ1n) is 6.54. The van der Waals surface area contributed by atoms with Crippen molar-refractivity contribution in [2.45, 2.75) is 4.90 Å². The van der Waals surface area contributed by atoms with Crippen molar-refractivity contribution in [1.82, 2.24) is 0 Å². The summed E-state index contributed by atoms with van der Waals surface area (Å²) in [5.41, 5.74) is -0.719. The van der Waals surface area contributed by atoms with Crippen molar-refractivity contribution >= 4 is 44.5 Å². The van der Waals surface area contributed by atoms with E-state index >= 15 is 0 Å². The van der Waals surface area contributed by atoms with Crippen molar-refractivity contribution in [3.8, 4) is 0 Å². The van der Waals surface area contributed by atoms with Gasteiger partial charge in [-0.1, -0.05) is 11.6 Å². The number of non-ortho nitro benzene ring substituents is 1. The number of hydrogen-bond acceptors (Lipinski definition) is 7. The van der Waals surface area contributed by atoms with Crippen LogP contribution in [-0.4, -0.2) is 24.1 Å². The fourth-order valence-electron chi connectivity index (χ4n) is 2.23. The van der Waals surface area contributed by atoms with Gasteiger partial charge in [0.25, 0.3) is 21.4 Å². The number of nitro groups is 2. The predicted octanol–water partition coefficient (Wildman–Crippen LogP) is 2.72. The number of nitro benzene ring substituents is 2. The van der Waals surface area contributed by atoms with E-state index < -0.39 is 25.6 Å². The molecule has 0 saturated carbocycles. The maximum Gasteiger partial charge on any atom is 0.294 e. The Labute approximate surface area is 145 Å². The van der Waals surface area contributed by atoms with Crippen LogP contribution in [0.1, 0.15) is 5.56 Å². The molecule has 0 amide bonds. The largest absolute Gasteiger partial charge is 0.333 e. The fraction of sp³-hybridized carbons (Fsp3) is 0. The summed E-state index contributed by atoms with van der Waals surface area (Å²) in [6.07, 6.45) is 0. The first-order chi connectivity index (χ1) is 11.7. The van der Waals surface area contributed by atoms with Crippen molar-refractivity contribution in [3.05, 3.63) is 67.2 Å². The average molecular weight is 383 g/mol. The smallest absolute Gasteiger partial charge is 0.294 e. The summed E-state index contributed by atoms with van der Waals surface area (Å²) in [6, 6.07) is 7.01. The molecule has 0 spiro atoms. The van der Waals surface area contributed by atoms with E-state index in [1.54, 1.807) is 0 Å². The number of hydrogen-bond donors (Lipinski definition) is 1. The summed E-state index contributed by atoms with van der Waals surface area (Å²) >= 11 is 5.73. The van der Waals surface area contributed by atoms with Crippen LogP contribution in [0.2, 0.25) is 5.02 Å². The van der Waals surface area contributed by atoms with Gasteiger partial charge in [-0.05, 0) is 18.2 Å². The minimum Gasteiger partial charge on any atom is -0.333 e. The molecule has 0 fully saturated rings. The third-order valence-electron chi connectivity index (χ3n) is 3.33. The third-order valence-corrected chi connectivity index (χ3v) is 4.88. The van der Waals surface area contributed by atoms with E-state index in [9.17, 15) is 28.6 Å². The summed E-state index contributed by atoms with van der Waals surface area (Å²) in [7, 11) is -4.15. The van der Waals surface area contributed by atoms with E-state index in [1.165, 1.54) is 18.2 Å². The van der Waals surface area contributed by atoms with Gasteiger partial charge >= 0.3 is 0 Å². The van der Waals surface area contributed by atoms with Gasteiger partial charge in [0.05, 0.1) is 9.85 Å². The van der Waals surface area contributed by atoms with Crippen LogP contribution < -0.4 is 5.32 Å². The van der Waals surface area contributed by atoms with Gasteiger partial charge in [-0.2, -0.15) is 8.42 Å². The summed E-state index contributed by atoms with van der Waals surface area (Å²) < 4.78 is 27.7. The molecular formula is C13H7ClN4O6S. The summed E-state index contributed by atoms with van der Waals surface area (Å²) in [6.45, 7) is 0. The van der Waals surface area contributed by atoms with Crippen LogP contribution in [0.25, 0.3) is 0 Å². The first kappa shape index (κ1) is 16.8. The molecule has 12 heteroatoms. The number of nitrogens with one attached hydrogen (secondary N) is 1. The molecule has 3 rings (SSSR count). The zero-order valence-electron chi connectivity index (χ0n) is 12.0. The lowest BCUT2D eigenvalue weighted by molar-refractivity contribution is -0.385. The van der Waals surface area contributed by atoms with Crippen molar-refractivity contribution in [2.24, 2.45) is 4.40 Å². The van der Waals surface area contributed by atoms with Crippen LogP contribution in [0.15, 0.2) is 45.7 Å². The van der Waals surface area contributed by atoms with Gasteiger partial charge in [0, 0.05) is 28.8 Å². The lowest BCUT2D eigenvalue weighted by Gasteiger charge is -2.07. The minimum absolute atomic E-state index is 0.0189. The average Bonchev–Trinajstić information content (AvgIpc) is 2.79. The van der Waals surface area contributed by atoms with E-state index in [1.807, 2.05) is 0 Å². The summed E-state index contributed by atoms with van der Waals surface area (Å²) in [5, 5.41) is 24.6. The Hall–Kier alpha value is -3.05. The van der Waals surface area contributed by atoms with Gasteiger partial charge in [-0.3, -0.25) is 20.2 Å². The number of amidine groups is 1. The van der Waals surface area contributed by atoms with E-state index in [-0.39, 0.29) is 32.7 Å². The van der Waals surface area contributed by atoms with E-state index in [2.05, 4.69) is 9.71 Å². The van der Waals surface area contributed by atoms with Gasteiger partial charge < -0.3 is 5.32 Å². The van der Waals surface area contributed by atoms with Crippen LogP contribution in [0.3, 0.4) is 0 Å². The molecule has 1 N–H and O–H groups in total. The van der Waals surface area contributed by atoms with Crippen molar-refractivity contribution < 1.29 is 18.3 Å². The van der Waals surface area contributed by atoms with Crippen molar-refractivity contribution in [2.75, 3.05) is 5.32 Å². The normalized spacial score (nSPS) is 14.5. The highest BCUT2D eigenvalue weighted by atomic mass is 35.5. The Kier molecular flexibility index (Phi) is 3.89. The first-order valence-corrected chi connectivity index (χ1v) is 8.35. The Morgan fingerprint density at radius 2 is 1.76 bits per heavy atom. The summed E-state index contributed by atoms with van der Waals surface area (Å²) in [4.78, 5) is 20.2. The Bertz CT molecular complexity index is 1070. The monoisotopic (exact) mass is 382 g/mol. The Morgan fingerprint density at radius 3 is 2.40 bits per heavy atom. The molecule has 2 aromatic carbocycles. The second-order valence-corrected chi connectivity index (χ2v) is 6.91. The number of anilines is 1. The fourth-order valence-corrected chi connectivity index (χ4v) is 3.59. The maximum atomic E-state index is 12.1. The number of sulfonamides is 1. The van der Waals surface area contributed by atoms with Crippen LogP contribution in [-0.2, 0) is 10.0 Å². The Balaban J connectivity index is 2.08. The molecule has 0 aromatic heterocycles. The third kappa shape index (κ3) is 3.02. The number of nitrogens with zero attached hydrogens (tertiary/aromatic N) is 3. The molecule has 0 unspecified atom stereocenters. The molecule has 2 aromatic rings. The van der Waals surface area contributed by atoms with Crippen LogP contribution in [0.4, 0.5) is 17.1 Å². The molecule has 1 heterocycles. The molecule has 1 aliphatic rings. The number of halogens is 1. The Morgan fingerprint density at radius 1 is 1.04 bits per heavy atom. The molecule has 25 heavy (non-hydrogen) atoms. The van der Waals surface area contributed by atoms with Gasteiger partial charge in [0.2, 0.25) is 0 Å². The van der Waals surface area contributed by atoms with Gasteiger partial charge in [-0.15, -0.1) is 4.40 Å². The van der Waals surface area contributed by atoms with Crippen molar-refractivity contribution in [3.63, 3.8) is 0 Å². The lowest BCUT2D eigenvalue weighted by Crippen LogP contribution is -2.12. The highest BCUT2D eigenvalue weighted by molar-refractivity contribution is 7.90. The zero-order chi connectivity index (χ0) is 18.4. The number of fused-ring (bicyclic) bond motifs is 1. The minimum atomic E-state index is -4.15. The molecule has 0 bridgehead atoms. The lowest BCUT2D eigenvalue weighted by atomic mass is 10.1. The van der Waals surface area contributed by atoms with Crippen LogP contribution in [0.5, 0.6) is 0 Å². The molecule has 10 nitrogen and oxygen atoms in total. The van der Waals surface area contributed by atoms with Gasteiger partial charge in [-0.25, -0.2) is 0 Å². The van der Waals surface area contributed by atoms with E-state index in [0.717, 1.165) is 18.2 Å². The molecule has 1 aliphatic heterocycles. The second-order valence-electron chi connectivity index (χ2n) is 4.90. The molecule has 0 atom stereocenters. The summed E-state index contributed by atoms with van der Waals surface area (Å²) in [5.74, 6) is -0.171. The molecular weight excluding hydrogens is 376 g/mol.